The molecule has 14 heteroatoms. The number of carbonyl (C=O) groups is 4. The van der Waals surface area contributed by atoms with Gasteiger partial charge in [0.25, 0.3) is 0 Å². The topological polar surface area (TPSA) is 175 Å². The van der Waals surface area contributed by atoms with Crippen LogP contribution in [0, 0.1) is 11.8 Å². The predicted molar refractivity (Wildman–Crippen MR) is 215 cm³/mol. The third kappa shape index (κ3) is 7.37. The molecule has 0 saturated carbocycles. The first-order valence-corrected chi connectivity index (χ1v) is 19.9. The van der Waals surface area contributed by atoms with Gasteiger partial charge in [0.1, 0.15) is 23.7 Å². The molecule has 2 fully saturated rings. The van der Waals surface area contributed by atoms with Gasteiger partial charge in [-0.15, -0.1) is 0 Å². The standard InChI is InChI=1S/C43H54N8O6/c1-23(2)35(48-41(54)56-7)39(52)50-17-9-11-33(50)37-44-21-31(46-37)25-13-15-27-28-16-14-26(20-30(28)43(5,6)29(27)19-25)32-22-45-38(47-32)34-12-10-18-51(34)40(53)36(24(3)4)49-42(55)57-8/h13-16,19-24,33-36H,9-12,17-18H2,1-8H3,(H,44,46)(H,45,47)(H,48,54)(H,49,55)/t33?,34?,35-,36-/m0/s1. The summed E-state index contributed by atoms with van der Waals surface area (Å²) in [6.07, 6.45) is 5.67. The molecule has 14 nitrogen and oxygen atoms in total. The van der Waals surface area contributed by atoms with Crippen LogP contribution in [0.3, 0.4) is 0 Å². The number of ether oxygens (including phenoxy) is 2. The van der Waals surface area contributed by atoms with Gasteiger partial charge in [-0.25, -0.2) is 19.6 Å². The zero-order valence-electron chi connectivity index (χ0n) is 34.1. The van der Waals surface area contributed by atoms with E-state index in [1.54, 1.807) is 0 Å². The van der Waals surface area contributed by atoms with Gasteiger partial charge in [-0.1, -0.05) is 65.8 Å². The summed E-state index contributed by atoms with van der Waals surface area (Å²) in [6.45, 7) is 13.3. The zero-order chi connectivity index (χ0) is 40.8. The smallest absolute Gasteiger partial charge is 0.407 e. The quantitative estimate of drug-likeness (QED) is 0.135. The molecule has 2 unspecified atom stereocenters. The SMILES string of the molecule is COC(=O)N[C@H](C(=O)N1CCCC1c1ncc(-c2ccc3c(c2)C(C)(C)c2cc(-c4cnc(C5CCCN5C(=O)[C@@H](NC(=O)OC)C(C)C)[nH]4)ccc2-3)[nH]1)C(C)C. The molecule has 1 aliphatic carbocycles. The average Bonchev–Trinajstić information content (AvgIpc) is 4.05. The van der Waals surface area contributed by atoms with Crippen LogP contribution in [0.25, 0.3) is 33.6 Å². The largest absolute Gasteiger partial charge is 0.453 e. The predicted octanol–water partition coefficient (Wildman–Crippen LogP) is 6.86. The molecule has 7 rings (SSSR count). The van der Waals surface area contributed by atoms with Crippen molar-refractivity contribution in [3.63, 3.8) is 0 Å². The Bertz CT molecular complexity index is 2020. The fourth-order valence-corrected chi connectivity index (χ4v) is 8.76. The van der Waals surface area contributed by atoms with Crippen LogP contribution in [-0.2, 0) is 24.5 Å². The number of fused-ring (bicyclic) bond motifs is 3. The second-order valence-electron chi connectivity index (χ2n) is 16.6. The van der Waals surface area contributed by atoms with Crippen LogP contribution in [0.2, 0.25) is 0 Å². The van der Waals surface area contributed by atoms with Gasteiger partial charge in [-0.2, -0.15) is 0 Å². The van der Waals surface area contributed by atoms with Crippen LogP contribution >= 0.6 is 0 Å². The van der Waals surface area contributed by atoms with Gasteiger partial charge in [0.2, 0.25) is 11.8 Å². The molecule has 302 valence electrons. The normalized spacial score (nSPS) is 19.3. The Labute approximate surface area is 333 Å². The number of methoxy groups -OCH3 is 2. The first kappa shape index (κ1) is 39.6. The minimum Gasteiger partial charge on any atom is -0.453 e. The Hall–Kier alpha value is -5.66. The molecule has 2 aromatic carbocycles. The number of H-pyrrole nitrogens is 2. The number of amides is 4. The fraction of sp³-hybridized carbons (Fsp3) is 0.488. The lowest BCUT2D eigenvalue weighted by Crippen LogP contribution is -2.51. The Balaban J connectivity index is 1.09. The van der Waals surface area contributed by atoms with Gasteiger partial charge in [0.15, 0.2) is 0 Å². The molecule has 2 aliphatic heterocycles. The van der Waals surface area contributed by atoms with Crippen molar-refractivity contribution in [2.24, 2.45) is 11.8 Å². The number of benzene rings is 2. The van der Waals surface area contributed by atoms with Gasteiger partial charge in [-0.05, 0) is 83.0 Å². The van der Waals surface area contributed by atoms with Crippen LogP contribution in [0.1, 0.15) is 102 Å². The lowest BCUT2D eigenvalue weighted by Gasteiger charge is -2.30. The molecule has 4 N–H and O–H groups in total. The van der Waals surface area contributed by atoms with Crippen molar-refractivity contribution in [3.05, 3.63) is 71.6 Å². The van der Waals surface area contributed by atoms with Crippen LogP contribution in [-0.4, -0.2) is 93.1 Å². The molecule has 0 radical (unpaired) electrons. The number of nitrogens with zero attached hydrogens (tertiary/aromatic N) is 4. The zero-order valence-corrected chi connectivity index (χ0v) is 34.1. The van der Waals surface area contributed by atoms with E-state index in [0.29, 0.717) is 13.1 Å². The van der Waals surface area contributed by atoms with E-state index in [0.717, 1.165) is 59.8 Å². The molecule has 4 aromatic rings. The Morgan fingerprint density at radius 2 is 1.11 bits per heavy atom. The van der Waals surface area contributed by atoms with E-state index in [-0.39, 0.29) is 41.1 Å². The van der Waals surface area contributed by atoms with Gasteiger partial charge in [-0.3, -0.25) is 9.59 Å². The van der Waals surface area contributed by atoms with Crippen molar-refractivity contribution in [1.29, 1.82) is 0 Å². The molecule has 4 amide bonds. The molecule has 2 aromatic heterocycles. The van der Waals surface area contributed by atoms with Crippen LogP contribution in [0.5, 0.6) is 0 Å². The summed E-state index contributed by atoms with van der Waals surface area (Å²) in [6, 6.07) is 11.2. The summed E-state index contributed by atoms with van der Waals surface area (Å²) in [5.41, 5.74) is 8.24. The van der Waals surface area contributed by atoms with Crippen molar-refractivity contribution in [1.82, 2.24) is 40.4 Å². The minimum absolute atomic E-state index is 0.112. The third-order valence-electron chi connectivity index (χ3n) is 12.0. The molecule has 3 aliphatic rings. The lowest BCUT2D eigenvalue weighted by molar-refractivity contribution is -0.136. The minimum atomic E-state index is -0.696. The molecule has 57 heavy (non-hydrogen) atoms. The molecular weight excluding hydrogens is 725 g/mol. The maximum Gasteiger partial charge on any atom is 0.407 e. The number of aromatic nitrogens is 4. The van der Waals surface area contributed by atoms with Crippen molar-refractivity contribution < 1.29 is 28.7 Å². The number of hydrogen-bond donors (Lipinski definition) is 4. The Morgan fingerprint density at radius 1 is 0.702 bits per heavy atom. The first-order chi connectivity index (χ1) is 27.2. The van der Waals surface area contributed by atoms with Gasteiger partial charge < -0.3 is 39.9 Å². The van der Waals surface area contributed by atoms with Crippen molar-refractivity contribution >= 4 is 24.0 Å². The number of likely N-dealkylation sites (tertiary alicyclic amines) is 2. The maximum absolute atomic E-state index is 13.7. The Kier molecular flexibility index (Phi) is 10.9. The fourth-order valence-electron chi connectivity index (χ4n) is 8.76. The monoisotopic (exact) mass is 778 g/mol. The molecule has 4 heterocycles. The van der Waals surface area contributed by atoms with Gasteiger partial charge in [0, 0.05) is 18.5 Å². The molecule has 0 bridgehead atoms. The summed E-state index contributed by atoms with van der Waals surface area (Å²) >= 11 is 0. The number of imidazole rings is 2. The number of aromatic amines is 2. The van der Waals surface area contributed by atoms with Crippen molar-refractivity contribution in [3.8, 4) is 33.6 Å². The number of rotatable bonds is 10. The summed E-state index contributed by atoms with van der Waals surface area (Å²) in [5, 5.41) is 5.43. The maximum atomic E-state index is 13.7. The number of nitrogens with one attached hydrogen (secondary N) is 4. The van der Waals surface area contributed by atoms with Gasteiger partial charge >= 0.3 is 12.2 Å². The number of alkyl carbamates (subject to hydrolysis) is 2. The Morgan fingerprint density at radius 3 is 1.47 bits per heavy atom. The molecular formula is C43H54N8O6. The van der Waals surface area contributed by atoms with E-state index in [9.17, 15) is 19.2 Å². The van der Waals surface area contributed by atoms with Crippen LogP contribution < -0.4 is 10.6 Å². The van der Waals surface area contributed by atoms with E-state index in [2.05, 4.69) is 70.8 Å². The highest BCUT2D eigenvalue weighted by molar-refractivity contribution is 5.88. The highest BCUT2D eigenvalue weighted by atomic mass is 16.5. The van der Waals surface area contributed by atoms with Crippen LogP contribution in [0.15, 0.2) is 48.8 Å². The second kappa shape index (κ2) is 15.7. The van der Waals surface area contributed by atoms with E-state index < -0.39 is 24.3 Å². The number of hydrogen-bond acceptors (Lipinski definition) is 8. The van der Waals surface area contributed by atoms with E-state index in [1.807, 2.05) is 49.9 Å². The molecule has 4 atom stereocenters. The molecule has 0 spiro atoms. The second-order valence-corrected chi connectivity index (χ2v) is 16.6. The summed E-state index contributed by atoms with van der Waals surface area (Å²) in [4.78, 5) is 71.6. The first-order valence-electron chi connectivity index (χ1n) is 19.9. The highest BCUT2D eigenvalue weighted by Gasteiger charge is 2.40. The van der Waals surface area contributed by atoms with E-state index in [4.69, 9.17) is 19.4 Å². The van der Waals surface area contributed by atoms with E-state index >= 15 is 0 Å². The summed E-state index contributed by atoms with van der Waals surface area (Å²) < 4.78 is 9.57. The highest BCUT2D eigenvalue weighted by Crippen LogP contribution is 2.50. The average molecular weight is 779 g/mol. The van der Waals surface area contributed by atoms with E-state index in [1.165, 1.54) is 36.5 Å². The van der Waals surface area contributed by atoms with Gasteiger partial charge in [0.05, 0.1) is 50.1 Å². The summed E-state index contributed by atoms with van der Waals surface area (Å²) in [7, 11) is 2.59. The molecule has 2 saturated heterocycles. The lowest BCUT2D eigenvalue weighted by atomic mass is 9.81. The third-order valence-corrected chi connectivity index (χ3v) is 12.0. The van der Waals surface area contributed by atoms with Crippen molar-refractivity contribution in [2.75, 3.05) is 27.3 Å². The summed E-state index contributed by atoms with van der Waals surface area (Å²) in [5.74, 6) is 0.951. The van der Waals surface area contributed by atoms with Crippen molar-refractivity contribution in [2.45, 2.75) is 96.8 Å². The van der Waals surface area contributed by atoms with Crippen LogP contribution in [0.4, 0.5) is 9.59 Å². The number of carbonyl (C=O) groups excluding carboxylic acids is 4.